The Morgan fingerprint density at radius 2 is 1.11 bits per heavy atom. The van der Waals surface area contributed by atoms with E-state index in [-0.39, 0.29) is 56.5 Å². The van der Waals surface area contributed by atoms with Crippen LogP contribution in [0.2, 0.25) is 0 Å². The quantitative estimate of drug-likeness (QED) is 0.0989. The fourth-order valence-electron chi connectivity index (χ4n) is 5.67. The first-order valence-corrected chi connectivity index (χ1v) is 14.9. The number of benzene rings is 3. The molecule has 0 spiro atoms. The van der Waals surface area contributed by atoms with Gasteiger partial charge in [0.25, 0.3) is 6.42 Å². The minimum Gasteiger partial charge on any atom is -0.412 e. The Bertz CT molecular complexity index is 1930. The van der Waals surface area contributed by atoms with Crippen molar-refractivity contribution in [3.8, 4) is 11.3 Å². The molecule has 0 N–H and O–H groups in total. The van der Waals surface area contributed by atoms with Crippen LogP contribution in [-0.2, 0) is 51.9 Å². The van der Waals surface area contributed by atoms with E-state index in [1.54, 1.807) is 6.20 Å². The average Bonchev–Trinajstić information content (AvgIpc) is 3.78. The number of hydrogen-bond donors (Lipinski definition) is 0. The molecular weight excluding hydrogens is 909 g/mol. The first kappa shape index (κ1) is 40.9. The van der Waals surface area contributed by atoms with Gasteiger partial charge in [0.2, 0.25) is 0 Å². The molecule has 0 bridgehead atoms. The zero-order valence-corrected chi connectivity index (χ0v) is 29.1. The summed E-state index contributed by atoms with van der Waals surface area (Å²) < 4.78 is 169. The second-order valence-corrected chi connectivity index (χ2v) is 11.5. The molecule has 0 aliphatic carbocycles. The number of nitrogens with zero attached hydrogens (tertiary/aromatic N) is 5. The van der Waals surface area contributed by atoms with Gasteiger partial charge in [-0.05, 0) is 36.2 Å². The van der Waals surface area contributed by atoms with Gasteiger partial charge >= 0.3 is 24.7 Å². The van der Waals surface area contributed by atoms with Crippen molar-refractivity contribution in [3.63, 3.8) is 0 Å². The van der Waals surface area contributed by atoms with Crippen molar-refractivity contribution < 1.29 is 72.8 Å². The van der Waals surface area contributed by atoms with E-state index < -0.39 is 64.3 Å². The third-order valence-electron chi connectivity index (χ3n) is 7.93. The SMILES string of the molecule is Cn1ccn([B-](c2cc(C(F)(F)F)cc(C(F)(F)F)c2)(c2cc(C(F)(F)F)cc(C(F)(F)F)c2)n2cccn2)[cH+]1.[Ir].[c-]1ccccc1-c1ccccn1. The zero-order chi connectivity index (χ0) is 38.1. The van der Waals surface area contributed by atoms with Crippen LogP contribution in [0.1, 0.15) is 22.3 Å². The van der Waals surface area contributed by atoms with Crippen LogP contribution >= 0.6 is 0 Å². The monoisotopic (exact) mass is 933 g/mol. The van der Waals surface area contributed by atoms with E-state index in [0.717, 1.165) is 51.3 Å². The Balaban J connectivity index is 0.000000406. The van der Waals surface area contributed by atoms with E-state index in [2.05, 4.69) is 16.1 Å². The number of aromatic nitrogens is 5. The maximum atomic E-state index is 13.8. The first-order valence-electron chi connectivity index (χ1n) is 14.9. The van der Waals surface area contributed by atoms with Gasteiger partial charge in [-0.3, -0.25) is 0 Å². The van der Waals surface area contributed by atoms with Crippen LogP contribution in [-0.4, -0.2) is 30.1 Å². The number of alkyl halides is 12. The maximum absolute atomic E-state index is 13.8. The van der Waals surface area contributed by atoms with Crippen molar-refractivity contribution in [1.82, 2.24) is 23.7 Å². The normalized spacial score (nSPS) is 12.5. The smallest absolute Gasteiger partial charge is 0.412 e. The molecule has 0 saturated heterocycles. The summed E-state index contributed by atoms with van der Waals surface area (Å²) in [4.78, 5) is 4.22. The third kappa shape index (κ3) is 9.01. The van der Waals surface area contributed by atoms with E-state index in [1.807, 2.05) is 42.5 Å². The summed E-state index contributed by atoms with van der Waals surface area (Å²) in [5.74, 6) is 0. The minimum absolute atomic E-state index is 0. The van der Waals surface area contributed by atoms with Crippen molar-refractivity contribution in [2.24, 2.45) is 7.05 Å². The number of aryl methyl sites for hydroxylation is 1. The van der Waals surface area contributed by atoms with Crippen LogP contribution in [0.3, 0.4) is 0 Å². The molecule has 1 radical (unpaired) electrons. The maximum Gasteiger partial charge on any atom is 0.416 e. The second kappa shape index (κ2) is 15.2. The van der Waals surface area contributed by atoms with Crippen LogP contribution in [0.4, 0.5) is 52.7 Å². The molecule has 3 heterocycles. The molecule has 3 aromatic heterocycles. The van der Waals surface area contributed by atoms with Crippen LogP contribution < -0.4 is 10.9 Å². The number of rotatable bonds is 5. The van der Waals surface area contributed by atoms with Crippen LogP contribution in [0, 0.1) is 6.07 Å². The molecule has 0 aliphatic rings. The third-order valence-corrected chi connectivity index (χ3v) is 7.93. The summed E-state index contributed by atoms with van der Waals surface area (Å²) in [5.41, 5.74) is -7.10. The predicted molar refractivity (Wildman–Crippen MR) is 167 cm³/mol. The molecule has 0 atom stereocenters. The topological polar surface area (TPSA) is 40.6 Å². The average molecular weight is 933 g/mol. The van der Waals surface area contributed by atoms with E-state index in [4.69, 9.17) is 0 Å². The van der Waals surface area contributed by atoms with Crippen LogP contribution in [0.5, 0.6) is 0 Å². The molecule has 0 fully saturated rings. The number of imidazole rings is 1. The molecular formula is C34H23BF12IrN5-. The van der Waals surface area contributed by atoms with Crippen molar-refractivity contribution in [3.05, 3.63) is 151 Å². The Labute approximate surface area is 306 Å². The van der Waals surface area contributed by atoms with Gasteiger partial charge in [0, 0.05) is 39.5 Å². The molecule has 3 aromatic carbocycles. The van der Waals surface area contributed by atoms with Gasteiger partial charge in [-0.25, -0.2) is 9.67 Å². The molecule has 53 heavy (non-hydrogen) atoms. The zero-order valence-electron chi connectivity index (χ0n) is 26.7. The van der Waals surface area contributed by atoms with Crippen LogP contribution in [0.15, 0.2) is 122 Å². The minimum atomic E-state index is -5.37. The van der Waals surface area contributed by atoms with Crippen molar-refractivity contribution >= 4 is 17.3 Å². The van der Waals surface area contributed by atoms with Gasteiger partial charge in [-0.15, -0.1) is 35.9 Å². The molecule has 281 valence electrons. The van der Waals surface area contributed by atoms with E-state index in [9.17, 15) is 52.7 Å². The second-order valence-electron chi connectivity index (χ2n) is 11.5. The summed E-state index contributed by atoms with van der Waals surface area (Å²) >= 11 is 0. The van der Waals surface area contributed by atoms with E-state index >= 15 is 0 Å². The Morgan fingerprint density at radius 3 is 1.47 bits per heavy atom. The van der Waals surface area contributed by atoms with Gasteiger partial charge in [0.15, 0.2) is 6.20 Å². The molecule has 6 rings (SSSR count). The molecule has 0 unspecified atom stereocenters. The van der Waals surface area contributed by atoms with Crippen LogP contribution in [0.25, 0.3) is 11.3 Å². The summed E-state index contributed by atoms with van der Waals surface area (Å²) in [6, 6.07) is 18.6. The molecule has 5 nitrogen and oxygen atoms in total. The number of hydrogen-bond acceptors (Lipinski definition) is 2. The fourth-order valence-corrected chi connectivity index (χ4v) is 5.67. The molecule has 0 saturated carbocycles. The first-order chi connectivity index (χ1) is 24.2. The van der Waals surface area contributed by atoms with E-state index in [1.165, 1.54) is 17.8 Å². The summed E-state index contributed by atoms with van der Waals surface area (Å²) in [5, 5.41) is 3.88. The van der Waals surface area contributed by atoms with Gasteiger partial charge in [-0.2, -0.15) is 63.6 Å². The Kier molecular flexibility index (Phi) is 11.7. The van der Waals surface area contributed by atoms with E-state index in [0.29, 0.717) is 0 Å². The van der Waals surface area contributed by atoms with Crippen molar-refractivity contribution in [1.29, 1.82) is 0 Å². The number of halogens is 12. The molecule has 19 heteroatoms. The summed E-state index contributed by atoms with van der Waals surface area (Å²) in [6.45, 7) is 0. The molecule has 0 amide bonds. The summed E-state index contributed by atoms with van der Waals surface area (Å²) in [6.07, 6.45) is -18.0. The Hall–Kier alpha value is -4.90. The molecule has 6 aromatic rings. The van der Waals surface area contributed by atoms with Gasteiger partial charge < -0.3 is 14.1 Å². The predicted octanol–water partition coefficient (Wildman–Crippen LogP) is 8.58. The summed E-state index contributed by atoms with van der Waals surface area (Å²) in [7, 11) is 1.38. The standard InChI is InChI=1S/C23H15BF12N4.C11H8N.Ir/c1-38-5-6-39(13-38)24(40-4-2-3-37-40,18-9-14(20(25,26)27)7-15(10-18)21(28,29)30)19-11-16(22(31,32)33)8-17(12-19)23(34,35)36;1-2-6-10(7-3-1)11-8-4-5-9-12-11;/h2-13H,1H3;1-6,8-9H;/q;-1;. The number of pyridine rings is 1. The Morgan fingerprint density at radius 1 is 0.604 bits per heavy atom. The van der Waals surface area contributed by atoms with Crippen molar-refractivity contribution in [2.45, 2.75) is 24.7 Å². The fraction of sp³-hybridized carbons (Fsp3) is 0.147. The van der Waals surface area contributed by atoms with Gasteiger partial charge in [-0.1, -0.05) is 36.4 Å². The van der Waals surface area contributed by atoms with Crippen molar-refractivity contribution in [2.75, 3.05) is 0 Å². The molecule has 0 aliphatic heterocycles. The largest absolute Gasteiger partial charge is 0.416 e. The van der Waals surface area contributed by atoms with Gasteiger partial charge in [0.05, 0.1) is 22.3 Å². The van der Waals surface area contributed by atoms with Gasteiger partial charge in [0.1, 0.15) is 12.5 Å².